The molecule has 0 saturated carbocycles. The lowest BCUT2D eigenvalue weighted by atomic mass is 10.0. The highest BCUT2D eigenvalue weighted by Crippen LogP contribution is 2.30. The summed E-state index contributed by atoms with van der Waals surface area (Å²) in [5.41, 5.74) is 2.33. The molecule has 0 unspecified atom stereocenters. The molecule has 5 heteroatoms. The maximum atomic E-state index is 12.1. The molecule has 1 aliphatic heterocycles. The standard InChI is InChI=1S/C19H26N4O/c1-3-11-20-19(24)22-12-9-17(10-13-22)23-15(2)14-21-18(23)16-7-5-4-6-8-16/h4-8,14,17H,3,9-13H2,1-2H3,(H,20,24). The number of aromatic nitrogens is 2. The van der Waals surface area contributed by atoms with Crippen molar-refractivity contribution in [3.8, 4) is 11.4 Å². The van der Waals surface area contributed by atoms with E-state index >= 15 is 0 Å². The molecule has 1 saturated heterocycles. The average Bonchev–Trinajstić information content (AvgIpc) is 3.02. The number of nitrogens with one attached hydrogen (secondary N) is 1. The highest BCUT2D eigenvalue weighted by molar-refractivity contribution is 5.74. The third kappa shape index (κ3) is 3.45. The lowest BCUT2D eigenvalue weighted by molar-refractivity contribution is 0.171. The molecule has 5 nitrogen and oxygen atoms in total. The number of aryl methyl sites for hydroxylation is 1. The highest BCUT2D eigenvalue weighted by atomic mass is 16.2. The normalized spacial score (nSPS) is 15.5. The van der Waals surface area contributed by atoms with Crippen LogP contribution < -0.4 is 5.32 Å². The van der Waals surface area contributed by atoms with Gasteiger partial charge in [-0.05, 0) is 26.2 Å². The van der Waals surface area contributed by atoms with Gasteiger partial charge in [-0.2, -0.15) is 0 Å². The fourth-order valence-corrected chi connectivity index (χ4v) is 3.38. The molecule has 3 rings (SSSR count). The number of carbonyl (C=O) groups excluding carboxylic acids is 1. The van der Waals surface area contributed by atoms with E-state index in [2.05, 4.69) is 40.8 Å². The minimum Gasteiger partial charge on any atom is -0.338 e. The lowest BCUT2D eigenvalue weighted by Crippen LogP contribution is -2.45. The van der Waals surface area contributed by atoms with Crippen LogP contribution in [0.2, 0.25) is 0 Å². The Hall–Kier alpha value is -2.30. The molecule has 2 amide bonds. The number of urea groups is 1. The maximum absolute atomic E-state index is 12.1. The number of amides is 2. The van der Waals surface area contributed by atoms with Crippen molar-refractivity contribution in [2.75, 3.05) is 19.6 Å². The van der Waals surface area contributed by atoms with Crippen LogP contribution in [0.25, 0.3) is 11.4 Å². The first-order chi connectivity index (χ1) is 11.7. The van der Waals surface area contributed by atoms with Crippen LogP contribution in [0.3, 0.4) is 0 Å². The predicted octanol–water partition coefficient (Wildman–Crippen LogP) is 3.62. The molecular weight excluding hydrogens is 300 g/mol. The molecule has 1 aromatic carbocycles. The quantitative estimate of drug-likeness (QED) is 0.933. The van der Waals surface area contributed by atoms with Crippen LogP contribution in [-0.4, -0.2) is 40.1 Å². The summed E-state index contributed by atoms with van der Waals surface area (Å²) in [6.07, 6.45) is 4.85. The van der Waals surface area contributed by atoms with Gasteiger partial charge in [0.05, 0.1) is 0 Å². The van der Waals surface area contributed by atoms with Gasteiger partial charge < -0.3 is 14.8 Å². The van der Waals surface area contributed by atoms with Crippen LogP contribution >= 0.6 is 0 Å². The summed E-state index contributed by atoms with van der Waals surface area (Å²) in [4.78, 5) is 18.7. The van der Waals surface area contributed by atoms with Crippen molar-refractivity contribution >= 4 is 6.03 Å². The third-order valence-corrected chi connectivity index (χ3v) is 4.66. The maximum Gasteiger partial charge on any atom is 0.317 e. The Kier molecular flexibility index (Phi) is 5.18. The zero-order valence-corrected chi connectivity index (χ0v) is 14.5. The second kappa shape index (κ2) is 7.51. The first-order valence-corrected chi connectivity index (χ1v) is 8.82. The number of rotatable bonds is 4. The largest absolute Gasteiger partial charge is 0.338 e. The molecule has 0 radical (unpaired) electrons. The van der Waals surface area contributed by atoms with Crippen LogP contribution in [0.1, 0.15) is 37.9 Å². The van der Waals surface area contributed by atoms with Crippen molar-refractivity contribution in [2.24, 2.45) is 0 Å². The van der Waals surface area contributed by atoms with Gasteiger partial charge in [0, 0.05) is 43.1 Å². The van der Waals surface area contributed by atoms with Crippen molar-refractivity contribution < 1.29 is 4.79 Å². The summed E-state index contributed by atoms with van der Waals surface area (Å²) in [7, 11) is 0. The number of hydrogen-bond acceptors (Lipinski definition) is 2. The van der Waals surface area contributed by atoms with Crippen LogP contribution in [-0.2, 0) is 0 Å². The van der Waals surface area contributed by atoms with Gasteiger partial charge in [-0.3, -0.25) is 0 Å². The van der Waals surface area contributed by atoms with E-state index in [0.717, 1.165) is 50.3 Å². The van der Waals surface area contributed by atoms with Crippen molar-refractivity contribution in [1.29, 1.82) is 0 Å². The molecule has 2 aromatic rings. The molecule has 0 aliphatic carbocycles. The number of hydrogen-bond donors (Lipinski definition) is 1. The zero-order valence-electron chi connectivity index (χ0n) is 14.5. The Morgan fingerprint density at radius 1 is 1.25 bits per heavy atom. The molecule has 1 aromatic heterocycles. The third-order valence-electron chi connectivity index (χ3n) is 4.66. The van der Waals surface area contributed by atoms with Crippen molar-refractivity contribution in [2.45, 2.75) is 39.2 Å². The molecule has 2 heterocycles. The monoisotopic (exact) mass is 326 g/mol. The van der Waals surface area contributed by atoms with E-state index < -0.39 is 0 Å². The van der Waals surface area contributed by atoms with Gasteiger partial charge in [-0.1, -0.05) is 37.3 Å². The number of benzene rings is 1. The summed E-state index contributed by atoms with van der Waals surface area (Å²) in [5, 5.41) is 2.97. The Labute approximate surface area is 143 Å². The van der Waals surface area contributed by atoms with Gasteiger partial charge in [-0.15, -0.1) is 0 Å². The van der Waals surface area contributed by atoms with E-state index in [1.54, 1.807) is 0 Å². The molecule has 1 fully saturated rings. The van der Waals surface area contributed by atoms with Crippen molar-refractivity contribution in [3.63, 3.8) is 0 Å². The minimum absolute atomic E-state index is 0.0703. The van der Waals surface area contributed by atoms with Crippen LogP contribution in [0.4, 0.5) is 4.79 Å². The Balaban J connectivity index is 1.71. The van der Waals surface area contributed by atoms with E-state index in [9.17, 15) is 4.79 Å². The van der Waals surface area contributed by atoms with Crippen LogP contribution in [0, 0.1) is 6.92 Å². The number of piperidine rings is 1. The van der Waals surface area contributed by atoms with E-state index in [1.807, 2.05) is 29.3 Å². The second-order valence-electron chi connectivity index (χ2n) is 6.41. The fraction of sp³-hybridized carbons (Fsp3) is 0.474. The molecule has 0 atom stereocenters. The van der Waals surface area contributed by atoms with Crippen LogP contribution in [0.5, 0.6) is 0 Å². The lowest BCUT2D eigenvalue weighted by Gasteiger charge is -2.34. The number of likely N-dealkylation sites (tertiary alicyclic amines) is 1. The molecule has 0 bridgehead atoms. The van der Waals surface area contributed by atoms with Gasteiger partial charge in [-0.25, -0.2) is 9.78 Å². The summed E-state index contributed by atoms with van der Waals surface area (Å²) >= 11 is 0. The van der Waals surface area contributed by atoms with E-state index in [1.165, 1.54) is 5.69 Å². The summed E-state index contributed by atoms with van der Waals surface area (Å²) in [6, 6.07) is 10.8. The molecule has 128 valence electrons. The molecule has 24 heavy (non-hydrogen) atoms. The number of carbonyl (C=O) groups is 1. The first kappa shape index (κ1) is 16.6. The van der Waals surface area contributed by atoms with Gasteiger partial charge >= 0.3 is 6.03 Å². The predicted molar refractivity (Wildman–Crippen MR) is 95.9 cm³/mol. The summed E-state index contributed by atoms with van der Waals surface area (Å²) in [5.74, 6) is 1.03. The number of nitrogens with zero attached hydrogens (tertiary/aromatic N) is 3. The summed E-state index contributed by atoms with van der Waals surface area (Å²) in [6.45, 7) is 6.52. The molecule has 0 spiro atoms. The van der Waals surface area contributed by atoms with E-state index in [-0.39, 0.29) is 6.03 Å². The minimum atomic E-state index is 0.0703. The van der Waals surface area contributed by atoms with E-state index in [0.29, 0.717) is 6.04 Å². The van der Waals surface area contributed by atoms with Gasteiger partial charge in [0.25, 0.3) is 0 Å². The highest BCUT2D eigenvalue weighted by Gasteiger charge is 2.26. The molecule has 1 N–H and O–H groups in total. The Morgan fingerprint density at radius 3 is 2.62 bits per heavy atom. The Bertz CT molecular complexity index is 672. The van der Waals surface area contributed by atoms with Gasteiger partial charge in [0.15, 0.2) is 0 Å². The average molecular weight is 326 g/mol. The SMILES string of the molecule is CCCNC(=O)N1CCC(n2c(C)cnc2-c2ccccc2)CC1. The van der Waals surface area contributed by atoms with Gasteiger partial charge in [0.1, 0.15) is 5.82 Å². The number of imidazole rings is 1. The first-order valence-electron chi connectivity index (χ1n) is 8.82. The fourth-order valence-electron chi connectivity index (χ4n) is 3.38. The Morgan fingerprint density at radius 2 is 1.96 bits per heavy atom. The smallest absolute Gasteiger partial charge is 0.317 e. The summed E-state index contributed by atoms with van der Waals surface area (Å²) < 4.78 is 2.34. The topological polar surface area (TPSA) is 50.2 Å². The van der Waals surface area contributed by atoms with Gasteiger partial charge in [0.2, 0.25) is 0 Å². The molecular formula is C19H26N4O. The van der Waals surface area contributed by atoms with Crippen LogP contribution in [0.15, 0.2) is 36.5 Å². The van der Waals surface area contributed by atoms with Crippen molar-refractivity contribution in [3.05, 3.63) is 42.2 Å². The second-order valence-corrected chi connectivity index (χ2v) is 6.41. The molecule has 1 aliphatic rings. The zero-order chi connectivity index (χ0) is 16.9. The van der Waals surface area contributed by atoms with E-state index in [4.69, 9.17) is 0 Å². The van der Waals surface area contributed by atoms with Crippen molar-refractivity contribution in [1.82, 2.24) is 19.8 Å².